The number of fused-ring (bicyclic) bond motifs is 3. The minimum atomic E-state index is 0.697. The maximum atomic E-state index is 5.41. The summed E-state index contributed by atoms with van der Waals surface area (Å²) in [7, 11) is 3.28. The maximum absolute atomic E-state index is 5.41. The van der Waals surface area contributed by atoms with E-state index >= 15 is 0 Å². The van der Waals surface area contributed by atoms with Gasteiger partial charge in [-0.15, -0.1) is 0 Å². The highest BCUT2D eigenvalue weighted by atomic mass is 16.5. The fourth-order valence-corrected chi connectivity index (χ4v) is 3.12. The second-order valence-electron chi connectivity index (χ2n) is 5.54. The largest absolute Gasteiger partial charge is 0.493 e. The number of piperazine rings is 1. The zero-order chi connectivity index (χ0) is 15.8. The zero-order valence-corrected chi connectivity index (χ0v) is 13.2. The van der Waals surface area contributed by atoms with Crippen LogP contribution in [0, 0.1) is 0 Å². The summed E-state index contributed by atoms with van der Waals surface area (Å²) in [5.74, 6) is 2.34. The first-order valence-corrected chi connectivity index (χ1v) is 7.66. The van der Waals surface area contributed by atoms with E-state index in [1.165, 1.54) is 0 Å². The number of H-pyrrole nitrogens is 1. The lowest BCUT2D eigenvalue weighted by Gasteiger charge is -2.28. The van der Waals surface area contributed by atoms with Gasteiger partial charge in [0, 0.05) is 37.6 Å². The van der Waals surface area contributed by atoms with Crippen LogP contribution in [-0.4, -0.2) is 55.4 Å². The normalized spacial score (nSPS) is 15.3. The van der Waals surface area contributed by atoms with E-state index in [2.05, 4.69) is 25.2 Å². The quantitative estimate of drug-likeness (QED) is 0.764. The molecule has 1 aromatic carbocycles. The Balaban J connectivity index is 1.93. The number of methoxy groups -OCH3 is 2. The summed E-state index contributed by atoms with van der Waals surface area (Å²) >= 11 is 0. The molecule has 4 rings (SSSR count). The van der Waals surface area contributed by atoms with Gasteiger partial charge >= 0.3 is 0 Å². The van der Waals surface area contributed by atoms with E-state index in [9.17, 15) is 0 Å². The molecule has 0 aliphatic carbocycles. The third-order valence-electron chi connectivity index (χ3n) is 4.28. The lowest BCUT2D eigenvalue weighted by atomic mass is 10.2. The van der Waals surface area contributed by atoms with E-state index in [1.54, 1.807) is 20.5 Å². The molecule has 7 heteroatoms. The number of aromatic amines is 1. The third-order valence-corrected chi connectivity index (χ3v) is 4.28. The molecule has 3 aromatic rings. The van der Waals surface area contributed by atoms with Crippen LogP contribution in [0.3, 0.4) is 0 Å². The summed E-state index contributed by atoms with van der Waals surface area (Å²) < 4.78 is 10.8. The first kappa shape index (κ1) is 14.1. The van der Waals surface area contributed by atoms with E-state index in [0.717, 1.165) is 53.9 Å². The number of nitrogens with one attached hydrogen (secondary N) is 2. The van der Waals surface area contributed by atoms with Crippen LogP contribution in [0.4, 0.5) is 5.82 Å². The molecular weight excluding hydrogens is 294 g/mol. The highest BCUT2D eigenvalue weighted by Crippen LogP contribution is 2.36. The molecule has 0 amide bonds. The molecule has 23 heavy (non-hydrogen) atoms. The molecule has 0 saturated carbocycles. The minimum Gasteiger partial charge on any atom is -0.493 e. The molecule has 3 heterocycles. The van der Waals surface area contributed by atoms with Gasteiger partial charge in [0.2, 0.25) is 0 Å². The van der Waals surface area contributed by atoms with Crippen molar-refractivity contribution in [2.75, 3.05) is 45.3 Å². The molecule has 0 spiro atoms. The maximum Gasteiger partial charge on any atom is 0.162 e. The van der Waals surface area contributed by atoms with E-state index in [0.29, 0.717) is 11.5 Å². The van der Waals surface area contributed by atoms with Crippen molar-refractivity contribution in [1.82, 2.24) is 20.3 Å². The Kier molecular flexibility index (Phi) is 3.42. The second kappa shape index (κ2) is 5.58. The van der Waals surface area contributed by atoms with Gasteiger partial charge in [-0.3, -0.25) is 0 Å². The summed E-state index contributed by atoms with van der Waals surface area (Å²) in [6, 6.07) is 3.90. The van der Waals surface area contributed by atoms with Crippen LogP contribution in [0.25, 0.3) is 21.9 Å². The van der Waals surface area contributed by atoms with Gasteiger partial charge in [0.25, 0.3) is 0 Å². The number of anilines is 1. The fraction of sp³-hybridized carbons (Fsp3) is 0.375. The summed E-state index contributed by atoms with van der Waals surface area (Å²) in [6.07, 6.45) is 1.63. The zero-order valence-electron chi connectivity index (χ0n) is 13.2. The summed E-state index contributed by atoms with van der Waals surface area (Å²) in [5, 5.41) is 4.37. The number of rotatable bonds is 3. The molecule has 120 valence electrons. The van der Waals surface area contributed by atoms with Crippen molar-refractivity contribution in [3.8, 4) is 11.5 Å². The highest BCUT2D eigenvalue weighted by molar-refractivity contribution is 6.09. The Morgan fingerprint density at radius 2 is 1.78 bits per heavy atom. The molecule has 0 radical (unpaired) electrons. The number of nitrogens with zero attached hydrogens (tertiary/aromatic N) is 3. The Morgan fingerprint density at radius 3 is 2.52 bits per heavy atom. The van der Waals surface area contributed by atoms with Gasteiger partial charge in [0.05, 0.1) is 19.7 Å². The number of ether oxygens (including phenoxy) is 2. The lowest BCUT2D eigenvalue weighted by Crippen LogP contribution is -2.44. The molecule has 1 aliphatic rings. The van der Waals surface area contributed by atoms with Crippen LogP contribution in [-0.2, 0) is 0 Å². The van der Waals surface area contributed by atoms with Crippen molar-refractivity contribution < 1.29 is 9.47 Å². The van der Waals surface area contributed by atoms with E-state index < -0.39 is 0 Å². The van der Waals surface area contributed by atoms with Gasteiger partial charge in [0.15, 0.2) is 17.3 Å². The Bertz CT molecular complexity index is 854. The number of hydrogen-bond donors (Lipinski definition) is 2. The van der Waals surface area contributed by atoms with Gasteiger partial charge in [-0.25, -0.2) is 9.97 Å². The van der Waals surface area contributed by atoms with Gasteiger partial charge in [-0.1, -0.05) is 0 Å². The van der Waals surface area contributed by atoms with Crippen molar-refractivity contribution in [1.29, 1.82) is 0 Å². The van der Waals surface area contributed by atoms with Gasteiger partial charge in [-0.2, -0.15) is 0 Å². The van der Waals surface area contributed by atoms with E-state index in [-0.39, 0.29) is 0 Å². The van der Waals surface area contributed by atoms with Crippen molar-refractivity contribution in [3.63, 3.8) is 0 Å². The average Bonchev–Trinajstić information content (AvgIpc) is 2.98. The minimum absolute atomic E-state index is 0.697. The molecule has 7 nitrogen and oxygen atoms in total. The fourth-order valence-electron chi connectivity index (χ4n) is 3.12. The Hall–Kier alpha value is -2.54. The number of aromatic nitrogens is 3. The number of hydrogen-bond acceptors (Lipinski definition) is 6. The summed E-state index contributed by atoms with van der Waals surface area (Å²) in [5.41, 5.74) is 2.83. The van der Waals surface area contributed by atoms with Crippen LogP contribution in [0.15, 0.2) is 18.5 Å². The van der Waals surface area contributed by atoms with E-state index in [4.69, 9.17) is 9.47 Å². The Morgan fingerprint density at radius 1 is 1.04 bits per heavy atom. The molecule has 1 fully saturated rings. The van der Waals surface area contributed by atoms with Crippen LogP contribution in [0.5, 0.6) is 11.5 Å². The highest BCUT2D eigenvalue weighted by Gasteiger charge is 2.19. The van der Waals surface area contributed by atoms with Gasteiger partial charge in [-0.05, 0) is 6.07 Å². The molecule has 0 bridgehead atoms. The molecular formula is C16H19N5O2. The first-order valence-electron chi connectivity index (χ1n) is 7.66. The molecule has 0 atom stereocenters. The predicted molar refractivity (Wildman–Crippen MR) is 89.6 cm³/mol. The molecule has 2 N–H and O–H groups in total. The van der Waals surface area contributed by atoms with Crippen molar-refractivity contribution >= 4 is 27.8 Å². The van der Waals surface area contributed by atoms with Crippen molar-refractivity contribution in [3.05, 3.63) is 18.5 Å². The van der Waals surface area contributed by atoms with Crippen LogP contribution < -0.4 is 19.7 Å². The van der Waals surface area contributed by atoms with Crippen LogP contribution in [0.1, 0.15) is 0 Å². The van der Waals surface area contributed by atoms with E-state index in [1.807, 2.05) is 12.1 Å². The Labute approximate surface area is 133 Å². The second-order valence-corrected chi connectivity index (χ2v) is 5.54. The summed E-state index contributed by atoms with van der Waals surface area (Å²) in [4.78, 5) is 14.7. The molecule has 1 aliphatic heterocycles. The third kappa shape index (κ3) is 2.24. The topological polar surface area (TPSA) is 75.3 Å². The molecule has 2 aromatic heterocycles. The predicted octanol–water partition coefficient (Wildman–Crippen LogP) is 1.54. The molecule has 1 saturated heterocycles. The van der Waals surface area contributed by atoms with Gasteiger partial charge < -0.3 is 24.7 Å². The SMILES string of the molecule is COc1cc2[nH]c3c(N4CCNCC4)ncnc3c2cc1OC. The van der Waals surface area contributed by atoms with Crippen LogP contribution in [0.2, 0.25) is 0 Å². The standard InChI is InChI=1S/C16H19N5O2/c1-22-12-7-10-11(8-13(12)23-2)20-15-14(10)18-9-19-16(15)21-5-3-17-4-6-21/h7-9,17,20H,3-6H2,1-2H3. The molecule has 0 unspecified atom stereocenters. The summed E-state index contributed by atoms with van der Waals surface area (Å²) in [6.45, 7) is 3.81. The number of benzene rings is 1. The lowest BCUT2D eigenvalue weighted by molar-refractivity contribution is 0.356. The van der Waals surface area contributed by atoms with Crippen molar-refractivity contribution in [2.24, 2.45) is 0 Å². The van der Waals surface area contributed by atoms with Crippen molar-refractivity contribution in [2.45, 2.75) is 0 Å². The average molecular weight is 313 g/mol. The smallest absolute Gasteiger partial charge is 0.162 e. The first-order chi connectivity index (χ1) is 11.3. The van der Waals surface area contributed by atoms with Crippen LogP contribution >= 0.6 is 0 Å². The monoisotopic (exact) mass is 313 g/mol. The van der Waals surface area contributed by atoms with Gasteiger partial charge in [0.1, 0.15) is 17.4 Å².